The van der Waals surface area contributed by atoms with Crippen molar-refractivity contribution in [2.24, 2.45) is 0 Å². The van der Waals surface area contributed by atoms with Crippen molar-refractivity contribution in [2.45, 2.75) is 6.42 Å². The van der Waals surface area contributed by atoms with Crippen LogP contribution in [0.2, 0.25) is 0 Å². The lowest BCUT2D eigenvalue weighted by Crippen LogP contribution is -2.13. The van der Waals surface area contributed by atoms with E-state index < -0.39 is 0 Å². The highest BCUT2D eigenvalue weighted by molar-refractivity contribution is 7.15. The molecule has 1 heterocycles. The zero-order chi connectivity index (χ0) is 6.85. The van der Waals surface area contributed by atoms with E-state index in [9.17, 15) is 9.59 Å². The molecule has 3 nitrogen and oxygen atoms in total. The van der Waals surface area contributed by atoms with Gasteiger partial charge in [-0.25, -0.2) is 0 Å². The van der Waals surface area contributed by atoms with Crippen molar-refractivity contribution < 1.29 is 9.59 Å². The van der Waals surface area contributed by atoms with Crippen molar-refractivity contribution in [1.29, 1.82) is 0 Å². The third-order valence-electron chi connectivity index (χ3n) is 1.15. The van der Waals surface area contributed by atoms with E-state index >= 15 is 0 Å². The molecular weight excluding hydrogens is 137 g/mol. The summed E-state index contributed by atoms with van der Waals surface area (Å²) in [5.74, 6) is -0.0536. The Hall–Kier alpha value is -0.690. The van der Waals surface area contributed by atoms with E-state index in [4.69, 9.17) is 0 Å². The van der Waals surface area contributed by atoms with E-state index in [0.29, 0.717) is 18.4 Å². The predicted molar refractivity (Wildman–Crippen MR) is 35.3 cm³/mol. The molecular formula is C5H6NO2P. The second-order valence-corrected chi connectivity index (χ2v) is 2.23. The summed E-state index contributed by atoms with van der Waals surface area (Å²) >= 11 is 0. The van der Waals surface area contributed by atoms with Crippen molar-refractivity contribution in [3.05, 3.63) is 11.8 Å². The van der Waals surface area contributed by atoms with Crippen LogP contribution in [0.1, 0.15) is 6.42 Å². The van der Waals surface area contributed by atoms with Gasteiger partial charge in [-0.2, -0.15) is 0 Å². The van der Waals surface area contributed by atoms with Crippen LogP contribution in [0.3, 0.4) is 0 Å². The Kier molecular flexibility index (Phi) is 1.63. The van der Waals surface area contributed by atoms with Crippen LogP contribution >= 0.6 is 9.39 Å². The van der Waals surface area contributed by atoms with E-state index in [2.05, 4.69) is 9.39 Å². The lowest BCUT2D eigenvalue weighted by atomic mass is 10.4. The summed E-state index contributed by atoms with van der Waals surface area (Å²) < 4.78 is 1.27. The van der Waals surface area contributed by atoms with Gasteiger partial charge in [0.05, 0.1) is 5.70 Å². The summed E-state index contributed by atoms with van der Waals surface area (Å²) in [7, 11) is 2.18. The van der Waals surface area contributed by atoms with Crippen LogP contribution in [0, 0.1) is 0 Å². The van der Waals surface area contributed by atoms with Crippen LogP contribution in [-0.2, 0) is 9.59 Å². The molecule has 0 spiro atoms. The second kappa shape index (κ2) is 2.28. The SMILES string of the molecule is O=CC1=CCC(=O)N1P. The van der Waals surface area contributed by atoms with E-state index in [1.807, 2.05) is 0 Å². The number of amides is 1. The highest BCUT2D eigenvalue weighted by Gasteiger charge is 2.17. The van der Waals surface area contributed by atoms with Crippen LogP contribution in [0.15, 0.2) is 11.8 Å². The van der Waals surface area contributed by atoms with Crippen molar-refractivity contribution >= 4 is 21.6 Å². The summed E-state index contributed by atoms with van der Waals surface area (Å²) in [5, 5.41) is 0. The maximum atomic E-state index is 10.6. The predicted octanol–water partition coefficient (Wildman–Crippen LogP) is 0.0916. The topological polar surface area (TPSA) is 37.4 Å². The number of allylic oxidation sites excluding steroid dienone is 1. The first-order valence-electron chi connectivity index (χ1n) is 2.48. The van der Waals surface area contributed by atoms with Gasteiger partial charge in [0.15, 0.2) is 6.29 Å². The molecule has 0 saturated heterocycles. The number of aldehydes is 1. The van der Waals surface area contributed by atoms with Gasteiger partial charge in [0, 0.05) is 6.42 Å². The molecule has 0 saturated carbocycles. The Morgan fingerprint density at radius 3 is 2.67 bits per heavy atom. The minimum Gasteiger partial charge on any atom is -0.296 e. The fourth-order valence-corrected chi connectivity index (χ4v) is 0.909. The summed E-state index contributed by atoms with van der Waals surface area (Å²) in [4.78, 5) is 20.7. The summed E-state index contributed by atoms with van der Waals surface area (Å²) in [6, 6.07) is 0. The second-order valence-electron chi connectivity index (χ2n) is 1.71. The lowest BCUT2D eigenvalue weighted by molar-refractivity contribution is -0.124. The molecule has 0 N–H and O–H groups in total. The van der Waals surface area contributed by atoms with Gasteiger partial charge >= 0.3 is 0 Å². The van der Waals surface area contributed by atoms with E-state index in [0.717, 1.165) is 0 Å². The van der Waals surface area contributed by atoms with Crippen molar-refractivity contribution in [1.82, 2.24) is 4.67 Å². The molecule has 0 fully saturated rings. The minimum atomic E-state index is -0.0536. The van der Waals surface area contributed by atoms with Gasteiger partial charge in [-0.15, -0.1) is 0 Å². The number of carbonyl (C=O) groups is 2. The van der Waals surface area contributed by atoms with Crippen LogP contribution in [-0.4, -0.2) is 16.9 Å². The van der Waals surface area contributed by atoms with Crippen LogP contribution < -0.4 is 0 Å². The molecule has 0 aliphatic carbocycles. The van der Waals surface area contributed by atoms with Crippen LogP contribution in [0.4, 0.5) is 0 Å². The zero-order valence-electron chi connectivity index (χ0n) is 4.70. The van der Waals surface area contributed by atoms with E-state index in [1.54, 1.807) is 6.08 Å². The zero-order valence-corrected chi connectivity index (χ0v) is 5.86. The largest absolute Gasteiger partial charge is 0.296 e. The molecule has 1 aliphatic heterocycles. The molecule has 0 radical (unpaired) electrons. The maximum Gasteiger partial charge on any atom is 0.233 e. The molecule has 1 rings (SSSR count). The molecule has 9 heavy (non-hydrogen) atoms. The van der Waals surface area contributed by atoms with Crippen LogP contribution in [0.5, 0.6) is 0 Å². The van der Waals surface area contributed by atoms with Gasteiger partial charge in [0.1, 0.15) is 0 Å². The van der Waals surface area contributed by atoms with E-state index in [1.165, 1.54) is 4.67 Å². The molecule has 1 unspecified atom stereocenters. The van der Waals surface area contributed by atoms with Gasteiger partial charge < -0.3 is 0 Å². The summed E-state index contributed by atoms with van der Waals surface area (Å²) in [6.07, 6.45) is 2.61. The molecule has 0 aromatic heterocycles. The van der Waals surface area contributed by atoms with E-state index in [-0.39, 0.29) is 5.91 Å². The van der Waals surface area contributed by atoms with Gasteiger partial charge in [-0.05, 0) is 15.5 Å². The molecule has 0 bridgehead atoms. The third-order valence-corrected chi connectivity index (χ3v) is 1.74. The minimum absolute atomic E-state index is 0.0536. The number of hydrogen-bond donors (Lipinski definition) is 0. The van der Waals surface area contributed by atoms with Crippen molar-refractivity contribution in [3.63, 3.8) is 0 Å². The third kappa shape index (κ3) is 1.01. The molecule has 1 aliphatic rings. The van der Waals surface area contributed by atoms with Gasteiger partial charge in [0.2, 0.25) is 5.91 Å². The first kappa shape index (κ1) is 6.43. The Balaban J connectivity index is 2.77. The number of hydrogen-bond acceptors (Lipinski definition) is 2. The molecule has 0 aromatic carbocycles. The molecule has 4 heteroatoms. The van der Waals surface area contributed by atoms with Crippen LogP contribution in [0.25, 0.3) is 0 Å². The Morgan fingerprint density at radius 2 is 2.44 bits per heavy atom. The van der Waals surface area contributed by atoms with Gasteiger partial charge in [-0.1, -0.05) is 0 Å². The first-order valence-corrected chi connectivity index (χ1v) is 3.00. The maximum absolute atomic E-state index is 10.6. The summed E-state index contributed by atoms with van der Waals surface area (Å²) in [6.45, 7) is 0. The fourth-order valence-electron chi connectivity index (χ4n) is 0.637. The number of nitrogens with zero attached hydrogens (tertiary/aromatic N) is 1. The molecule has 48 valence electrons. The summed E-state index contributed by atoms with van der Waals surface area (Å²) in [5.41, 5.74) is 0.435. The van der Waals surface area contributed by atoms with Gasteiger partial charge in [-0.3, -0.25) is 14.3 Å². The quantitative estimate of drug-likeness (QED) is 0.385. The molecule has 1 amide bonds. The standard InChI is InChI=1S/C5H6NO2P/c7-3-4-1-2-5(8)6(4)9/h1,3H,2,9H2. The number of rotatable bonds is 1. The first-order chi connectivity index (χ1) is 4.25. The lowest BCUT2D eigenvalue weighted by Gasteiger charge is -2.06. The normalized spacial score (nSPS) is 18.1. The Morgan fingerprint density at radius 1 is 1.78 bits per heavy atom. The smallest absolute Gasteiger partial charge is 0.233 e. The average Bonchev–Trinajstić information content (AvgIpc) is 2.15. The van der Waals surface area contributed by atoms with Crippen molar-refractivity contribution in [3.8, 4) is 0 Å². The number of carbonyl (C=O) groups excluding carboxylic acids is 2. The van der Waals surface area contributed by atoms with Crippen molar-refractivity contribution in [2.75, 3.05) is 0 Å². The fraction of sp³-hybridized carbons (Fsp3) is 0.200. The highest BCUT2D eigenvalue weighted by Crippen LogP contribution is 2.17. The Labute approximate surface area is 55.0 Å². The van der Waals surface area contributed by atoms with Gasteiger partial charge in [0.25, 0.3) is 0 Å². The average molecular weight is 143 g/mol. The Bertz CT molecular complexity index is 187. The molecule has 0 aromatic rings. The highest BCUT2D eigenvalue weighted by atomic mass is 31.0. The molecule has 1 atom stereocenters. The monoisotopic (exact) mass is 143 g/mol.